The molecule has 0 saturated heterocycles. The molecule has 0 aromatic rings. The summed E-state index contributed by atoms with van der Waals surface area (Å²) in [5.74, 6) is 0. The van der Waals surface area contributed by atoms with Gasteiger partial charge in [0.05, 0.1) is 16.2 Å². The maximum Gasteiger partial charge on any atom is 1.00 e. The van der Waals surface area contributed by atoms with Crippen molar-refractivity contribution >= 4 is 10.1 Å². The Bertz CT molecular complexity index is 442. The van der Waals surface area contributed by atoms with Gasteiger partial charge in [-0.05, 0) is 25.7 Å². The summed E-state index contributed by atoms with van der Waals surface area (Å²) < 4.78 is 33.6. The predicted molar refractivity (Wildman–Crippen MR) is 123 cm³/mol. The van der Waals surface area contributed by atoms with Crippen LogP contribution in [0.3, 0.4) is 0 Å². The molecule has 0 amide bonds. The summed E-state index contributed by atoms with van der Waals surface area (Å²) in [6.07, 6.45) is 21.7. The zero-order chi connectivity index (χ0) is 21.8. The quantitative estimate of drug-likeness (QED) is 0.146. The molecule has 0 spiro atoms. The van der Waals surface area contributed by atoms with E-state index >= 15 is 0 Å². The molecule has 30 heavy (non-hydrogen) atoms. The first-order chi connectivity index (χ1) is 13.9. The molecule has 0 bridgehead atoms. The Morgan fingerprint density at radius 2 is 0.967 bits per heavy atom. The summed E-state index contributed by atoms with van der Waals surface area (Å²) in [5.41, 5.74) is 0. The normalized spacial score (nSPS) is 13.7. The molecule has 0 heterocycles. The third kappa shape index (κ3) is 22.7. The van der Waals surface area contributed by atoms with Crippen LogP contribution in [0.2, 0.25) is 0 Å². The van der Waals surface area contributed by atoms with Crippen LogP contribution >= 0.6 is 0 Å². The summed E-state index contributed by atoms with van der Waals surface area (Å²) in [5, 5.41) is 9.33. The van der Waals surface area contributed by atoms with Crippen LogP contribution in [-0.2, 0) is 10.1 Å². The van der Waals surface area contributed by atoms with Crippen LogP contribution in [0.25, 0.3) is 0 Å². The van der Waals surface area contributed by atoms with E-state index in [4.69, 9.17) is 0 Å². The molecule has 0 saturated carbocycles. The Morgan fingerprint density at radius 1 is 0.600 bits per heavy atom. The van der Waals surface area contributed by atoms with Crippen LogP contribution in [0.1, 0.15) is 142 Å². The van der Waals surface area contributed by atoms with E-state index < -0.39 is 15.4 Å². The molecule has 6 heteroatoms. The smallest absolute Gasteiger partial charge is 0.748 e. The van der Waals surface area contributed by atoms with Gasteiger partial charge in [-0.3, -0.25) is 0 Å². The van der Waals surface area contributed by atoms with Gasteiger partial charge in [0.1, 0.15) is 0 Å². The molecular weight excluding hydrogens is 423 g/mol. The molecule has 0 aliphatic carbocycles. The van der Waals surface area contributed by atoms with E-state index in [1.165, 1.54) is 77.0 Å². The standard InChI is InChI=1S/C24H50O4S.K/c1-3-5-6-7-8-9-10-11-12-13-14-15-16-20-23(25)21-17-18-22-24(19-4-2)29(26,27)28;/h23-25H,3-22H2,1-2H3,(H,26,27,28);/q;+1/p-1. The molecule has 0 radical (unpaired) electrons. The van der Waals surface area contributed by atoms with E-state index in [-0.39, 0.29) is 57.5 Å². The van der Waals surface area contributed by atoms with Crippen molar-refractivity contribution in [2.75, 3.05) is 0 Å². The first kappa shape index (κ1) is 33.7. The van der Waals surface area contributed by atoms with Crippen molar-refractivity contribution in [2.45, 2.75) is 154 Å². The third-order valence-corrected chi connectivity index (χ3v) is 7.26. The maximum absolute atomic E-state index is 11.2. The SMILES string of the molecule is CCCCCCCCCCCCCCCC(O)CCCCC(CCC)S(=O)(=O)[O-].[K+]. The third-order valence-electron chi connectivity index (χ3n) is 5.97. The fourth-order valence-electron chi connectivity index (χ4n) is 4.05. The van der Waals surface area contributed by atoms with Crippen molar-refractivity contribution in [2.24, 2.45) is 0 Å². The number of unbranched alkanes of at least 4 members (excludes halogenated alkanes) is 13. The fraction of sp³-hybridized carbons (Fsp3) is 1.00. The molecule has 2 unspecified atom stereocenters. The first-order valence-corrected chi connectivity index (χ1v) is 14.0. The van der Waals surface area contributed by atoms with Gasteiger partial charge in [0.2, 0.25) is 0 Å². The van der Waals surface area contributed by atoms with Crippen LogP contribution in [0.5, 0.6) is 0 Å². The van der Waals surface area contributed by atoms with Crippen molar-refractivity contribution in [1.29, 1.82) is 0 Å². The summed E-state index contributed by atoms with van der Waals surface area (Å²) in [6.45, 7) is 4.16. The molecular formula is C24H49KO4S. The van der Waals surface area contributed by atoms with Crippen molar-refractivity contribution in [3.8, 4) is 0 Å². The first-order valence-electron chi connectivity index (χ1n) is 12.5. The molecule has 0 fully saturated rings. The minimum Gasteiger partial charge on any atom is -0.748 e. The Hall–Kier alpha value is 1.51. The van der Waals surface area contributed by atoms with Crippen molar-refractivity contribution in [1.82, 2.24) is 0 Å². The topological polar surface area (TPSA) is 77.4 Å². The molecule has 0 rings (SSSR count). The van der Waals surface area contributed by atoms with Gasteiger partial charge in [-0.1, -0.05) is 117 Å². The Morgan fingerprint density at radius 3 is 1.37 bits per heavy atom. The van der Waals surface area contributed by atoms with E-state index in [1.54, 1.807) is 0 Å². The number of hydrogen-bond donors (Lipinski definition) is 1. The maximum atomic E-state index is 11.2. The summed E-state index contributed by atoms with van der Waals surface area (Å²) in [7, 11) is -4.18. The van der Waals surface area contributed by atoms with Gasteiger partial charge < -0.3 is 9.66 Å². The van der Waals surface area contributed by atoms with Crippen molar-refractivity contribution in [3.63, 3.8) is 0 Å². The van der Waals surface area contributed by atoms with Crippen LogP contribution in [0, 0.1) is 0 Å². The van der Waals surface area contributed by atoms with E-state index in [0.29, 0.717) is 25.7 Å². The molecule has 176 valence electrons. The second kappa shape index (κ2) is 23.7. The monoisotopic (exact) mass is 472 g/mol. The Kier molecular flexibility index (Phi) is 26.6. The Labute approximate surface area is 230 Å². The van der Waals surface area contributed by atoms with Gasteiger partial charge in [-0.25, -0.2) is 8.42 Å². The molecule has 0 aromatic heterocycles. The Balaban J connectivity index is 0. The molecule has 4 nitrogen and oxygen atoms in total. The van der Waals surface area contributed by atoms with Crippen LogP contribution < -0.4 is 51.4 Å². The van der Waals surface area contributed by atoms with E-state index in [0.717, 1.165) is 25.7 Å². The average Bonchev–Trinajstić information content (AvgIpc) is 2.67. The van der Waals surface area contributed by atoms with Crippen molar-refractivity contribution < 1.29 is 69.5 Å². The van der Waals surface area contributed by atoms with Gasteiger partial charge in [-0.2, -0.15) is 0 Å². The molecule has 1 N–H and O–H groups in total. The number of rotatable bonds is 22. The minimum absolute atomic E-state index is 0. The van der Waals surface area contributed by atoms with E-state index in [1.807, 2.05) is 6.92 Å². The molecule has 0 aliphatic rings. The molecule has 0 aromatic carbocycles. The van der Waals surface area contributed by atoms with Gasteiger partial charge in [-0.15, -0.1) is 0 Å². The van der Waals surface area contributed by atoms with Gasteiger partial charge in [0, 0.05) is 5.25 Å². The van der Waals surface area contributed by atoms with Gasteiger partial charge >= 0.3 is 51.4 Å². The van der Waals surface area contributed by atoms with Gasteiger partial charge in [0.25, 0.3) is 0 Å². The zero-order valence-electron chi connectivity index (χ0n) is 20.4. The number of hydrogen-bond acceptors (Lipinski definition) is 4. The van der Waals surface area contributed by atoms with E-state index in [9.17, 15) is 18.1 Å². The fourth-order valence-corrected chi connectivity index (χ4v) is 5.03. The van der Waals surface area contributed by atoms with Crippen molar-refractivity contribution in [3.05, 3.63) is 0 Å². The zero-order valence-corrected chi connectivity index (χ0v) is 24.3. The van der Waals surface area contributed by atoms with Crippen LogP contribution in [0.4, 0.5) is 0 Å². The summed E-state index contributed by atoms with van der Waals surface area (Å²) in [4.78, 5) is 0. The second-order valence-corrected chi connectivity index (χ2v) is 10.5. The van der Waals surface area contributed by atoms with Crippen LogP contribution in [0.15, 0.2) is 0 Å². The number of aliphatic hydroxyl groups is 1. The van der Waals surface area contributed by atoms with E-state index in [2.05, 4.69) is 6.92 Å². The second-order valence-electron chi connectivity index (χ2n) is 8.87. The molecule has 0 aliphatic heterocycles. The largest absolute Gasteiger partial charge is 1.00 e. The number of aliphatic hydroxyl groups excluding tert-OH is 1. The predicted octanol–water partition coefficient (Wildman–Crippen LogP) is 4.11. The van der Waals surface area contributed by atoms with Crippen LogP contribution in [-0.4, -0.2) is 29.4 Å². The average molecular weight is 473 g/mol. The summed E-state index contributed by atoms with van der Waals surface area (Å²) >= 11 is 0. The minimum atomic E-state index is -4.18. The van der Waals surface area contributed by atoms with Gasteiger partial charge in [0.15, 0.2) is 0 Å². The summed E-state index contributed by atoms with van der Waals surface area (Å²) in [6, 6.07) is 0. The molecule has 2 atom stereocenters.